The summed E-state index contributed by atoms with van der Waals surface area (Å²) >= 11 is 5.62. The van der Waals surface area contributed by atoms with Crippen molar-refractivity contribution in [1.29, 1.82) is 0 Å². The predicted molar refractivity (Wildman–Crippen MR) is 92.6 cm³/mol. The van der Waals surface area contributed by atoms with Gasteiger partial charge in [0.15, 0.2) is 11.0 Å². The fourth-order valence-electron chi connectivity index (χ4n) is 2.05. The number of hydrazine groups is 1. The second-order valence-electron chi connectivity index (χ2n) is 5.24. The number of halogens is 1. The third kappa shape index (κ3) is 8.82. The van der Waals surface area contributed by atoms with Crippen LogP contribution in [0, 0.1) is 11.8 Å². The van der Waals surface area contributed by atoms with Crippen LogP contribution in [0.2, 0.25) is 5.15 Å². The van der Waals surface area contributed by atoms with Crippen molar-refractivity contribution < 1.29 is 4.79 Å². The zero-order valence-corrected chi connectivity index (χ0v) is 15.1. The van der Waals surface area contributed by atoms with Crippen LogP contribution in [0.4, 0.5) is 5.82 Å². The number of hydrogen-bond acceptors (Lipinski definition) is 4. The van der Waals surface area contributed by atoms with Crippen molar-refractivity contribution in [2.75, 3.05) is 5.43 Å². The SMILES string of the molecule is CC.CC(=O)NNc1nccnc1Cl.CC1CCCCC1C. The van der Waals surface area contributed by atoms with E-state index in [1.54, 1.807) is 0 Å². The minimum Gasteiger partial charge on any atom is -0.279 e. The standard InChI is InChI=1S/C8H16.C6H7ClN4O.C2H6/c1-7-5-3-4-6-8(7)2;1-4(12)10-11-6-5(7)8-2-3-9-6;1-2/h7-8H,3-6H2,1-2H3;2-3H,1H3,(H,9,11)(H,10,12);1-2H3. The lowest BCUT2D eigenvalue weighted by Gasteiger charge is -2.24. The highest BCUT2D eigenvalue weighted by Crippen LogP contribution is 2.28. The fraction of sp³-hybridized carbons (Fsp3) is 0.688. The Bertz CT molecular complexity index is 418. The molecule has 0 aliphatic heterocycles. The molecule has 2 unspecified atom stereocenters. The molecule has 0 spiro atoms. The van der Waals surface area contributed by atoms with Gasteiger partial charge in [-0.3, -0.25) is 15.6 Å². The van der Waals surface area contributed by atoms with Crippen LogP contribution < -0.4 is 10.9 Å². The highest BCUT2D eigenvalue weighted by molar-refractivity contribution is 6.31. The number of rotatable bonds is 2. The average molecular weight is 329 g/mol. The van der Waals surface area contributed by atoms with Gasteiger partial charge in [0.05, 0.1) is 0 Å². The summed E-state index contributed by atoms with van der Waals surface area (Å²) in [6.45, 7) is 10.1. The van der Waals surface area contributed by atoms with Crippen molar-refractivity contribution >= 4 is 23.3 Å². The molecular formula is C16H29ClN4O. The topological polar surface area (TPSA) is 66.9 Å². The third-order valence-electron chi connectivity index (χ3n) is 3.55. The van der Waals surface area contributed by atoms with Crippen LogP contribution in [0.1, 0.15) is 60.3 Å². The predicted octanol–water partition coefficient (Wildman–Crippen LogP) is 4.45. The normalized spacial score (nSPS) is 19.7. The van der Waals surface area contributed by atoms with E-state index in [-0.39, 0.29) is 11.1 Å². The number of carbonyl (C=O) groups is 1. The van der Waals surface area contributed by atoms with Crippen LogP contribution in [-0.2, 0) is 4.79 Å². The molecule has 126 valence electrons. The van der Waals surface area contributed by atoms with Crippen LogP contribution in [0.15, 0.2) is 12.4 Å². The zero-order chi connectivity index (χ0) is 17.0. The Balaban J connectivity index is 0.000000382. The van der Waals surface area contributed by atoms with E-state index in [1.807, 2.05) is 13.8 Å². The van der Waals surface area contributed by atoms with Crippen molar-refractivity contribution in [3.8, 4) is 0 Å². The molecule has 1 amide bonds. The van der Waals surface area contributed by atoms with Gasteiger partial charge < -0.3 is 0 Å². The van der Waals surface area contributed by atoms with Crippen molar-refractivity contribution in [1.82, 2.24) is 15.4 Å². The van der Waals surface area contributed by atoms with E-state index in [0.29, 0.717) is 5.82 Å². The van der Waals surface area contributed by atoms with Crippen LogP contribution in [-0.4, -0.2) is 15.9 Å². The minimum atomic E-state index is -0.225. The summed E-state index contributed by atoms with van der Waals surface area (Å²) in [6.07, 6.45) is 8.83. The quantitative estimate of drug-likeness (QED) is 0.787. The van der Waals surface area contributed by atoms with E-state index in [4.69, 9.17) is 11.6 Å². The van der Waals surface area contributed by atoms with E-state index >= 15 is 0 Å². The van der Waals surface area contributed by atoms with Crippen LogP contribution in [0.25, 0.3) is 0 Å². The lowest BCUT2D eigenvalue weighted by atomic mass is 9.82. The first kappa shape index (κ1) is 20.6. The molecule has 1 aromatic heterocycles. The first-order valence-corrected chi connectivity index (χ1v) is 8.37. The van der Waals surface area contributed by atoms with Crippen molar-refractivity contribution in [3.63, 3.8) is 0 Å². The third-order valence-corrected chi connectivity index (χ3v) is 3.83. The number of carbonyl (C=O) groups excluding carboxylic acids is 1. The van der Waals surface area contributed by atoms with Crippen LogP contribution >= 0.6 is 11.6 Å². The summed E-state index contributed by atoms with van der Waals surface area (Å²) in [5.74, 6) is 2.11. The maximum Gasteiger partial charge on any atom is 0.235 e. The van der Waals surface area contributed by atoms with Crippen molar-refractivity contribution in [2.24, 2.45) is 11.8 Å². The van der Waals surface area contributed by atoms with Gasteiger partial charge in [-0.2, -0.15) is 0 Å². The minimum absolute atomic E-state index is 0.214. The monoisotopic (exact) mass is 328 g/mol. The molecule has 0 radical (unpaired) electrons. The van der Waals surface area contributed by atoms with E-state index in [0.717, 1.165) is 11.8 Å². The summed E-state index contributed by atoms with van der Waals surface area (Å²) in [7, 11) is 0. The van der Waals surface area contributed by atoms with Gasteiger partial charge in [-0.05, 0) is 11.8 Å². The highest BCUT2D eigenvalue weighted by atomic mass is 35.5. The number of aromatic nitrogens is 2. The molecule has 1 heterocycles. The number of anilines is 1. The lowest BCUT2D eigenvalue weighted by molar-refractivity contribution is -0.118. The highest BCUT2D eigenvalue weighted by Gasteiger charge is 2.15. The first-order chi connectivity index (χ1) is 10.5. The van der Waals surface area contributed by atoms with E-state index in [1.165, 1.54) is 45.0 Å². The molecule has 22 heavy (non-hydrogen) atoms. The molecule has 6 heteroatoms. The summed E-state index contributed by atoms with van der Waals surface area (Å²) in [6, 6.07) is 0. The van der Waals surface area contributed by atoms with Gasteiger partial charge in [-0.25, -0.2) is 9.97 Å². The Morgan fingerprint density at radius 1 is 1.14 bits per heavy atom. The van der Waals surface area contributed by atoms with Crippen molar-refractivity contribution in [3.05, 3.63) is 17.5 Å². The van der Waals surface area contributed by atoms with Crippen LogP contribution in [0.3, 0.4) is 0 Å². The molecule has 1 saturated carbocycles. The molecule has 2 rings (SSSR count). The summed E-state index contributed by atoms with van der Waals surface area (Å²) in [5.41, 5.74) is 4.83. The summed E-state index contributed by atoms with van der Waals surface area (Å²) in [5, 5.41) is 0.214. The van der Waals surface area contributed by atoms with Gasteiger partial charge in [0.2, 0.25) is 5.91 Å². The van der Waals surface area contributed by atoms with Crippen LogP contribution in [0.5, 0.6) is 0 Å². The number of hydrogen-bond donors (Lipinski definition) is 2. The molecule has 1 fully saturated rings. The Hall–Kier alpha value is -1.36. The molecule has 5 nitrogen and oxygen atoms in total. The Kier molecular flexibility index (Phi) is 11.5. The summed E-state index contributed by atoms with van der Waals surface area (Å²) in [4.78, 5) is 18.0. The molecule has 1 aliphatic rings. The number of nitrogens with zero attached hydrogens (tertiary/aromatic N) is 2. The van der Waals surface area contributed by atoms with Gasteiger partial charge in [0, 0.05) is 19.3 Å². The maximum absolute atomic E-state index is 10.5. The van der Waals surface area contributed by atoms with E-state index in [9.17, 15) is 4.79 Å². The molecule has 0 saturated heterocycles. The molecule has 0 aromatic carbocycles. The average Bonchev–Trinajstić information content (AvgIpc) is 2.52. The number of amides is 1. The smallest absolute Gasteiger partial charge is 0.235 e. The Labute approximate surface area is 139 Å². The van der Waals surface area contributed by atoms with E-state index in [2.05, 4.69) is 34.7 Å². The molecule has 1 aliphatic carbocycles. The molecular weight excluding hydrogens is 300 g/mol. The maximum atomic E-state index is 10.5. The largest absolute Gasteiger partial charge is 0.279 e. The van der Waals surface area contributed by atoms with E-state index < -0.39 is 0 Å². The Morgan fingerprint density at radius 3 is 2.05 bits per heavy atom. The lowest BCUT2D eigenvalue weighted by Crippen LogP contribution is -2.27. The molecule has 2 N–H and O–H groups in total. The zero-order valence-electron chi connectivity index (χ0n) is 14.3. The summed E-state index contributed by atoms with van der Waals surface area (Å²) < 4.78 is 0. The first-order valence-electron chi connectivity index (χ1n) is 7.99. The second-order valence-corrected chi connectivity index (χ2v) is 5.60. The molecule has 2 atom stereocenters. The molecule has 0 bridgehead atoms. The van der Waals surface area contributed by atoms with Gasteiger partial charge in [-0.1, -0.05) is 65.0 Å². The van der Waals surface area contributed by atoms with Crippen molar-refractivity contribution in [2.45, 2.75) is 60.3 Å². The Morgan fingerprint density at radius 2 is 1.64 bits per heavy atom. The number of nitrogens with one attached hydrogen (secondary N) is 2. The van der Waals surface area contributed by atoms with Gasteiger partial charge >= 0.3 is 0 Å². The van der Waals surface area contributed by atoms with Gasteiger partial charge in [0.1, 0.15) is 0 Å². The second kappa shape index (κ2) is 12.2. The van der Waals surface area contributed by atoms with Gasteiger partial charge in [-0.15, -0.1) is 0 Å². The fourth-order valence-corrected chi connectivity index (χ4v) is 2.21. The molecule has 1 aromatic rings. The van der Waals surface area contributed by atoms with Gasteiger partial charge in [0.25, 0.3) is 0 Å².